The first kappa shape index (κ1) is 13.8. The standard InChI is InChI=1S/C12H8BrF2N3S/c13-6-4-8(14)10(9(15)5-6)18-12-7(11(16)19)2-1-3-17-12/h1-5H,(H2,16,19)(H,17,18). The Bertz CT molecular complexity index is 626. The van der Waals surface area contributed by atoms with Crippen molar-refractivity contribution < 1.29 is 8.78 Å². The van der Waals surface area contributed by atoms with Gasteiger partial charge in [-0.05, 0) is 24.3 Å². The predicted molar refractivity (Wildman–Crippen MR) is 77.5 cm³/mol. The molecule has 1 aromatic carbocycles. The molecule has 0 fully saturated rings. The van der Waals surface area contributed by atoms with Crippen LogP contribution in [0.25, 0.3) is 0 Å². The second-order valence-electron chi connectivity index (χ2n) is 3.63. The van der Waals surface area contributed by atoms with Crippen LogP contribution in [-0.2, 0) is 0 Å². The summed E-state index contributed by atoms with van der Waals surface area (Å²) >= 11 is 7.86. The van der Waals surface area contributed by atoms with Gasteiger partial charge in [0.1, 0.15) is 16.5 Å². The molecule has 7 heteroatoms. The van der Waals surface area contributed by atoms with Crippen LogP contribution in [0.2, 0.25) is 0 Å². The number of benzene rings is 1. The molecule has 0 aliphatic carbocycles. The van der Waals surface area contributed by atoms with E-state index in [-0.39, 0.29) is 16.5 Å². The van der Waals surface area contributed by atoms with Crippen LogP contribution in [-0.4, -0.2) is 9.97 Å². The number of anilines is 2. The van der Waals surface area contributed by atoms with E-state index < -0.39 is 11.6 Å². The minimum atomic E-state index is -0.744. The van der Waals surface area contributed by atoms with Gasteiger partial charge in [0, 0.05) is 10.7 Å². The smallest absolute Gasteiger partial charge is 0.150 e. The monoisotopic (exact) mass is 343 g/mol. The third-order valence-corrected chi connectivity index (χ3v) is 3.00. The molecular formula is C12H8BrF2N3S. The number of aromatic nitrogens is 1. The molecule has 0 atom stereocenters. The minimum absolute atomic E-state index is 0.0912. The first-order valence-electron chi connectivity index (χ1n) is 5.15. The molecule has 19 heavy (non-hydrogen) atoms. The van der Waals surface area contributed by atoms with Gasteiger partial charge in [-0.25, -0.2) is 13.8 Å². The van der Waals surface area contributed by atoms with Gasteiger partial charge < -0.3 is 11.1 Å². The predicted octanol–water partition coefficient (Wildman–Crippen LogP) is 3.50. The Labute approximate surface area is 122 Å². The van der Waals surface area contributed by atoms with Crippen molar-refractivity contribution in [1.82, 2.24) is 4.98 Å². The Morgan fingerprint density at radius 2 is 1.95 bits per heavy atom. The first-order valence-corrected chi connectivity index (χ1v) is 6.35. The van der Waals surface area contributed by atoms with Crippen LogP contribution in [0, 0.1) is 11.6 Å². The van der Waals surface area contributed by atoms with E-state index in [1.807, 2.05) is 0 Å². The van der Waals surface area contributed by atoms with Crippen LogP contribution in [0.3, 0.4) is 0 Å². The summed E-state index contributed by atoms with van der Waals surface area (Å²) < 4.78 is 27.7. The van der Waals surface area contributed by atoms with Crippen LogP contribution in [0.1, 0.15) is 5.56 Å². The molecule has 2 aromatic rings. The van der Waals surface area contributed by atoms with Crippen molar-refractivity contribution in [3.63, 3.8) is 0 Å². The summed E-state index contributed by atoms with van der Waals surface area (Å²) in [6, 6.07) is 5.55. The first-order chi connectivity index (χ1) is 8.99. The van der Waals surface area contributed by atoms with Gasteiger partial charge in [0.25, 0.3) is 0 Å². The molecule has 0 aliphatic rings. The molecule has 3 N–H and O–H groups in total. The van der Waals surface area contributed by atoms with E-state index >= 15 is 0 Å². The van der Waals surface area contributed by atoms with E-state index in [0.29, 0.717) is 10.0 Å². The molecular weight excluding hydrogens is 336 g/mol. The topological polar surface area (TPSA) is 50.9 Å². The lowest BCUT2D eigenvalue weighted by Gasteiger charge is -2.11. The molecule has 0 amide bonds. The number of nitrogens with zero attached hydrogens (tertiary/aromatic N) is 1. The van der Waals surface area contributed by atoms with Crippen molar-refractivity contribution in [2.24, 2.45) is 5.73 Å². The highest BCUT2D eigenvalue weighted by Crippen LogP contribution is 2.27. The molecule has 0 bridgehead atoms. The molecule has 98 valence electrons. The van der Waals surface area contributed by atoms with Crippen LogP contribution in [0.5, 0.6) is 0 Å². The third-order valence-electron chi connectivity index (χ3n) is 2.32. The lowest BCUT2D eigenvalue weighted by molar-refractivity contribution is 0.589. The number of thiocarbonyl (C=S) groups is 1. The number of nitrogens with one attached hydrogen (secondary N) is 1. The van der Waals surface area contributed by atoms with Crippen LogP contribution < -0.4 is 11.1 Å². The van der Waals surface area contributed by atoms with E-state index in [1.165, 1.54) is 6.20 Å². The van der Waals surface area contributed by atoms with E-state index in [0.717, 1.165) is 12.1 Å². The maximum atomic E-state index is 13.7. The fourth-order valence-corrected chi connectivity index (χ4v) is 2.05. The molecule has 0 radical (unpaired) electrons. The van der Waals surface area contributed by atoms with E-state index in [9.17, 15) is 8.78 Å². The summed E-state index contributed by atoms with van der Waals surface area (Å²) in [5.74, 6) is -1.28. The summed E-state index contributed by atoms with van der Waals surface area (Å²) in [5, 5.41) is 2.57. The molecule has 2 rings (SSSR count). The van der Waals surface area contributed by atoms with Gasteiger partial charge in [-0.1, -0.05) is 28.1 Å². The van der Waals surface area contributed by atoms with Gasteiger partial charge in [0.05, 0.1) is 5.56 Å². The van der Waals surface area contributed by atoms with Crippen molar-refractivity contribution in [3.8, 4) is 0 Å². The van der Waals surface area contributed by atoms with Gasteiger partial charge >= 0.3 is 0 Å². The number of rotatable bonds is 3. The normalized spacial score (nSPS) is 10.3. The van der Waals surface area contributed by atoms with Gasteiger partial charge in [-0.15, -0.1) is 0 Å². The summed E-state index contributed by atoms with van der Waals surface area (Å²) in [4.78, 5) is 4.07. The Morgan fingerprint density at radius 3 is 2.53 bits per heavy atom. The van der Waals surface area contributed by atoms with Crippen molar-refractivity contribution in [2.75, 3.05) is 5.32 Å². The zero-order chi connectivity index (χ0) is 14.0. The quantitative estimate of drug-likeness (QED) is 0.837. The van der Waals surface area contributed by atoms with Gasteiger partial charge in [0.15, 0.2) is 11.6 Å². The largest absolute Gasteiger partial charge is 0.389 e. The Morgan fingerprint density at radius 1 is 1.32 bits per heavy atom. The summed E-state index contributed by atoms with van der Waals surface area (Å²) in [6.45, 7) is 0. The molecule has 0 saturated carbocycles. The fraction of sp³-hybridized carbons (Fsp3) is 0. The number of hydrogen-bond donors (Lipinski definition) is 2. The van der Waals surface area contributed by atoms with Crippen molar-refractivity contribution in [3.05, 3.63) is 52.1 Å². The molecule has 0 saturated heterocycles. The maximum Gasteiger partial charge on any atom is 0.150 e. The van der Waals surface area contributed by atoms with Crippen LogP contribution in [0.15, 0.2) is 34.9 Å². The van der Waals surface area contributed by atoms with Gasteiger partial charge in [-0.3, -0.25) is 0 Å². The summed E-state index contributed by atoms with van der Waals surface area (Å²) in [7, 11) is 0. The van der Waals surface area contributed by atoms with E-state index in [4.69, 9.17) is 18.0 Å². The van der Waals surface area contributed by atoms with Crippen molar-refractivity contribution in [2.45, 2.75) is 0 Å². The molecule has 0 unspecified atom stereocenters. The van der Waals surface area contributed by atoms with E-state index in [2.05, 4.69) is 26.2 Å². The average molecular weight is 344 g/mol. The number of nitrogens with two attached hydrogens (primary N) is 1. The molecule has 3 nitrogen and oxygen atoms in total. The van der Waals surface area contributed by atoms with Crippen molar-refractivity contribution in [1.29, 1.82) is 0 Å². The van der Waals surface area contributed by atoms with Gasteiger partial charge in [0.2, 0.25) is 0 Å². The lowest BCUT2D eigenvalue weighted by atomic mass is 10.2. The van der Waals surface area contributed by atoms with Crippen molar-refractivity contribution >= 4 is 44.6 Å². The molecule has 1 aromatic heterocycles. The number of hydrogen-bond acceptors (Lipinski definition) is 3. The highest BCUT2D eigenvalue weighted by Gasteiger charge is 2.14. The second kappa shape index (κ2) is 5.58. The number of pyridine rings is 1. The SMILES string of the molecule is NC(=S)c1cccnc1Nc1c(F)cc(Br)cc1F. The van der Waals surface area contributed by atoms with Gasteiger partial charge in [-0.2, -0.15) is 0 Å². The summed E-state index contributed by atoms with van der Waals surface area (Å²) in [5.41, 5.74) is 5.63. The Hall–Kier alpha value is -1.60. The summed E-state index contributed by atoms with van der Waals surface area (Å²) in [6.07, 6.45) is 1.47. The molecule has 1 heterocycles. The number of halogens is 3. The zero-order valence-electron chi connectivity index (χ0n) is 9.45. The lowest BCUT2D eigenvalue weighted by Crippen LogP contribution is -2.13. The second-order valence-corrected chi connectivity index (χ2v) is 4.99. The van der Waals surface area contributed by atoms with Crippen LogP contribution >= 0.6 is 28.1 Å². The third kappa shape index (κ3) is 3.05. The van der Waals surface area contributed by atoms with E-state index in [1.54, 1.807) is 12.1 Å². The zero-order valence-corrected chi connectivity index (χ0v) is 11.9. The highest BCUT2D eigenvalue weighted by atomic mass is 79.9. The average Bonchev–Trinajstić information content (AvgIpc) is 2.34. The minimum Gasteiger partial charge on any atom is -0.389 e. The van der Waals surface area contributed by atoms with Crippen LogP contribution in [0.4, 0.5) is 20.3 Å². The molecule has 0 aliphatic heterocycles. The maximum absolute atomic E-state index is 13.7. The highest BCUT2D eigenvalue weighted by molar-refractivity contribution is 9.10. The molecule has 0 spiro atoms. The Kier molecular flexibility index (Phi) is 4.06. The fourth-order valence-electron chi connectivity index (χ4n) is 1.48. The Balaban J connectivity index is 2.45.